The molecular weight excluding hydrogens is 749 g/mol. The van der Waals surface area contributed by atoms with Crippen molar-refractivity contribution in [3.63, 3.8) is 0 Å². The third kappa shape index (κ3) is 25.3. The van der Waals surface area contributed by atoms with Gasteiger partial charge in [0.2, 0.25) is 0 Å². The number of ether oxygens (including phenoxy) is 3. The number of unbranched alkanes of at least 4 members (excludes halogenated alkanes) is 15. The Labute approximate surface area is 344 Å². The number of quaternary nitrogens is 1. The maximum Gasteiger partial charge on any atom is 0.472 e. The van der Waals surface area contributed by atoms with E-state index in [1.807, 2.05) is 27.2 Å². The molecule has 0 radical (unpaired) electrons. The number of hydrogen-bond acceptors (Lipinski definition) is 10. The highest BCUT2D eigenvalue weighted by atomic mass is 31.2. The maximum atomic E-state index is 12.9. The first-order chi connectivity index (χ1) is 27.2. The number of epoxide rings is 1. The van der Waals surface area contributed by atoms with Gasteiger partial charge in [-0.1, -0.05) is 116 Å². The third-order valence-corrected chi connectivity index (χ3v) is 11.6. The predicted molar refractivity (Wildman–Crippen MR) is 223 cm³/mol. The summed E-state index contributed by atoms with van der Waals surface area (Å²) < 4.78 is 40.1. The first kappa shape index (κ1) is 51.2. The molecule has 0 bridgehead atoms. The number of phosphoric ester groups is 1. The Bertz CT molecular complexity index is 1250. The molecule has 1 aliphatic heterocycles. The highest BCUT2D eigenvalue weighted by Gasteiger charge is 2.42. The van der Waals surface area contributed by atoms with Gasteiger partial charge in [0, 0.05) is 25.2 Å². The van der Waals surface area contributed by atoms with Gasteiger partial charge in [-0.15, -0.1) is 0 Å². The monoisotopic (exact) mass is 829 g/mol. The fourth-order valence-corrected chi connectivity index (χ4v) is 7.69. The Morgan fingerprint density at radius 2 is 1.42 bits per heavy atom. The van der Waals surface area contributed by atoms with Crippen LogP contribution in [0.2, 0.25) is 0 Å². The standard InChI is InChI=1S/C44H78NO11P/c1-6-8-10-12-14-15-16-17-18-19-20-22-24-28-43(48)52-34-36(35-54-57(50,51)53-31-30-45(3,4)5)55-44(49)29-25-27-41-42(56-41)32-38-37(39(46)33-40(38)47)26-23-21-13-11-9-7-2/h21,23,32,36-37,39,41-42,46H,6-20,22,24-31,33-35H2,1-5H3/p+1/b23-21-,38-32-/t36-,37-,39-,41-,42-/m1/s1. The SMILES string of the molecule is CCCCC/C=C\C[C@@H]1/C(=C/[C@H]2O[C@@H]2CCCC(=O)O[C@H](COC(=O)CCCCCCCCCCCCCCC)COP(=O)(O)OCC[N+](C)(C)C)C(=O)C[C@H]1O. The molecule has 1 aliphatic carbocycles. The normalized spacial score (nSPS) is 21.9. The molecule has 0 amide bonds. The molecule has 2 fully saturated rings. The van der Waals surface area contributed by atoms with E-state index in [9.17, 15) is 28.9 Å². The number of aliphatic hydroxyl groups excluding tert-OH is 1. The largest absolute Gasteiger partial charge is 0.472 e. The van der Waals surface area contributed by atoms with E-state index >= 15 is 0 Å². The van der Waals surface area contributed by atoms with E-state index in [1.165, 1.54) is 64.2 Å². The Hall–Kier alpha value is -1.92. The zero-order valence-corrected chi connectivity index (χ0v) is 37.1. The number of allylic oxidation sites excluding steroid dienone is 2. The molecule has 2 aliphatic rings. The second-order valence-electron chi connectivity index (χ2n) is 17.1. The Balaban J connectivity index is 1.76. The van der Waals surface area contributed by atoms with Crippen LogP contribution in [0.15, 0.2) is 23.8 Å². The summed E-state index contributed by atoms with van der Waals surface area (Å²) in [5.74, 6) is -1.27. The van der Waals surface area contributed by atoms with Gasteiger partial charge in [-0.05, 0) is 50.2 Å². The number of phosphoric acid groups is 1. The zero-order chi connectivity index (χ0) is 41.9. The van der Waals surface area contributed by atoms with Gasteiger partial charge in [-0.25, -0.2) is 4.57 Å². The number of aliphatic hydroxyl groups is 1. The van der Waals surface area contributed by atoms with Crippen molar-refractivity contribution in [2.45, 2.75) is 186 Å². The highest BCUT2D eigenvalue weighted by molar-refractivity contribution is 7.47. The van der Waals surface area contributed by atoms with Crippen LogP contribution in [0.5, 0.6) is 0 Å². The van der Waals surface area contributed by atoms with E-state index in [1.54, 1.807) is 0 Å². The predicted octanol–water partition coefficient (Wildman–Crippen LogP) is 9.10. The van der Waals surface area contributed by atoms with Gasteiger partial charge >= 0.3 is 19.8 Å². The third-order valence-electron chi connectivity index (χ3n) is 10.6. The van der Waals surface area contributed by atoms with E-state index in [-0.39, 0.29) is 56.4 Å². The molecule has 0 aromatic heterocycles. The molecule has 1 saturated heterocycles. The van der Waals surface area contributed by atoms with Crippen molar-refractivity contribution in [1.29, 1.82) is 0 Å². The Morgan fingerprint density at radius 1 is 0.825 bits per heavy atom. The molecule has 330 valence electrons. The van der Waals surface area contributed by atoms with Crippen molar-refractivity contribution in [2.75, 3.05) is 47.5 Å². The molecule has 13 heteroatoms. The molecule has 1 saturated carbocycles. The number of hydrogen-bond donors (Lipinski definition) is 2. The number of nitrogens with zero attached hydrogens (tertiary/aromatic N) is 1. The van der Waals surface area contributed by atoms with E-state index in [0.717, 1.165) is 38.5 Å². The number of carbonyl (C=O) groups excluding carboxylic acids is 3. The molecule has 1 heterocycles. The van der Waals surface area contributed by atoms with Crippen molar-refractivity contribution in [3.8, 4) is 0 Å². The topological polar surface area (TPSA) is 158 Å². The number of likely N-dealkylation sites (N-methyl/N-ethyl adjacent to an activating group) is 1. The molecule has 2 rings (SSSR count). The van der Waals surface area contributed by atoms with E-state index < -0.39 is 38.6 Å². The minimum Gasteiger partial charge on any atom is -0.462 e. The summed E-state index contributed by atoms with van der Waals surface area (Å²) in [5, 5.41) is 10.5. The second kappa shape index (κ2) is 29.3. The summed E-state index contributed by atoms with van der Waals surface area (Å²) in [6.45, 7) is 4.08. The van der Waals surface area contributed by atoms with Gasteiger partial charge in [-0.3, -0.25) is 23.4 Å². The van der Waals surface area contributed by atoms with Gasteiger partial charge < -0.3 is 28.7 Å². The van der Waals surface area contributed by atoms with Crippen molar-refractivity contribution in [3.05, 3.63) is 23.8 Å². The van der Waals surface area contributed by atoms with E-state index in [0.29, 0.717) is 42.3 Å². The molecule has 6 atom stereocenters. The average Bonchev–Trinajstić information content (AvgIpc) is 3.83. The highest BCUT2D eigenvalue weighted by Crippen LogP contribution is 2.43. The van der Waals surface area contributed by atoms with Crippen LogP contribution in [0, 0.1) is 5.92 Å². The van der Waals surface area contributed by atoms with Gasteiger partial charge in [-0.2, -0.15) is 0 Å². The first-order valence-electron chi connectivity index (χ1n) is 22.3. The van der Waals surface area contributed by atoms with Crippen molar-refractivity contribution >= 4 is 25.5 Å². The Morgan fingerprint density at radius 3 is 2.05 bits per heavy atom. The molecule has 0 spiro atoms. The van der Waals surface area contributed by atoms with Crippen LogP contribution in [0.1, 0.15) is 162 Å². The number of carbonyl (C=O) groups is 3. The summed E-state index contributed by atoms with van der Waals surface area (Å²) in [7, 11) is 1.33. The summed E-state index contributed by atoms with van der Waals surface area (Å²) >= 11 is 0. The number of rotatable bonds is 35. The Kier molecular flexibility index (Phi) is 26.4. The lowest BCUT2D eigenvalue weighted by molar-refractivity contribution is -0.870. The minimum atomic E-state index is -4.45. The van der Waals surface area contributed by atoms with Gasteiger partial charge in [0.1, 0.15) is 25.9 Å². The maximum absolute atomic E-state index is 12.9. The summed E-state index contributed by atoms with van der Waals surface area (Å²) in [4.78, 5) is 48.3. The zero-order valence-electron chi connectivity index (χ0n) is 36.2. The number of esters is 2. The summed E-state index contributed by atoms with van der Waals surface area (Å²) in [6, 6.07) is 0. The molecular formula is C44H79NO11P+. The van der Waals surface area contributed by atoms with Gasteiger partial charge in [0.25, 0.3) is 0 Å². The number of Topliss-reactive ketones (excluding diaryl/α,β-unsaturated/α-hetero) is 1. The quantitative estimate of drug-likeness (QED) is 0.0119. The molecule has 57 heavy (non-hydrogen) atoms. The second-order valence-corrected chi connectivity index (χ2v) is 18.5. The minimum absolute atomic E-state index is 0.0116. The van der Waals surface area contributed by atoms with Crippen molar-refractivity contribution in [1.82, 2.24) is 0 Å². The van der Waals surface area contributed by atoms with Crippen molar-refractivity contribution in [2.24, 2.45) is 5.92 Å². The van der Waals surface area contributed by atoms with Crippen LogP contribution in [0.25, 0.3) is 0 Å². The fourth-order valence-electron chi connectivity index (χ4n) is 6.95. The smallest absolute Gasteiger partial charge is 0.462 e. The average molecular weight is 829 g/mol. The molecule has 2 N–H and O–H groups in total. The van der Waals surface area contributed by atoms with Crippen LogP contribution < -0.4 is 0 Å². The summed E-state index contributed by atoms with van der Waals surface area (Å²) in [6.07, 6.45) is 26.0. The van der Waals surface area contributed by atoms with Crippen LogP contribution >= 0.6 is 7.82 Å². The molecule has 1 unspecified atom stereocenters. The van der Waals surface area contributed by atoms with Crippen LogP contribution in [-0.2, 0) is 42.2 Å². The first-order valence-corrected chi connectivity index (χ1v) is 23.7. The number of ketones is 1. The van der Waals surface area contributed by atoms with Gasteiger partial charge in [0.05, 0.1) is 40.0 Å². The lowest BCUT2D eigenvalue weighted by atomic mass is 9.95. The fraction of sp³-hybridized carbons (Fsp3) is 0.841. The van der Waals surface area contributed by atoms with Gasteiger partial charge in [0.15, 0.2) is 11.9 Å². The van der Waals surface area contributed by atoms with E-state index in [2.05, 4.69) is 26.0 Å². The lowest BCUT2D eigenvalue weighted by Crippen LogP contribution is -2.37. The van der Waals surface area contributed by atoms with E-state index in [4.69, 9.17) is 23.3 Å². The molecule has 0 aromatic rings. The summed E-state index contributed by atoms with van der Waals surface area (Å²) in [5.41, 5.74) is 0.627. The molecule has 0 aromatic carbocycles. The van der Waals surface area contributed by atoms with Crippen molar-refractivity contribution < 1.29 is 56.7 Å². The van der Waals surface area contributed by atoms with Crippen LogP contribution in [0.4, 0.5) is 0 Å². The molecule has 12 nitrogen and oxygen atoms in total. The van der Waals surface area contributed by atoms with Crippen LogP contribution in [-0.4, -0.2) is 104 Å². The lowest BCUT2D eigenvalue weighted by Gasteiger charge is -2.24. The van der Waals surface area contributed by atoms with Crippen LogP contribution in [0.3, 0.4) is 0 Å².